The maximum absolute atomic E-state index is 14.4. The number of likely N-dealkylation sites (N-methyl/N-ethyl adjacent to an activating group) is 1. The highest BCUT2D eigenvalue weighted by atomic mass is 32.2. The predicted molar refractivity (Wildman–Crippen MR) is 197 cm³/mol. The monoisotopic (exact) mass is 771 g/mol. The van der Waals surface area contributed by atoms with E-state index in [2.05, 4.69) is 15.4 Å². The molecule has 0 unspecified atom stereocenters. The molecule has 0 spiro atoms. The number of alkyl carbamates (subject to hydrolysis) is 1. The second-order valence-electron chi connectivity index (χ2n) is 16.0. The standard InChI is InChI=1S/C37H53N7O9S/c1-36(2,3)53-34(48)38-29-15-9-7-5-6-8-14-27-21-37(27,33(47)40-54(50,51)43-18-16-41(4)17-19-43)39-31(45)30-20-28(24-44(30)32(29)46)52-35(49)42-22-25-12-10-11-13-26(25)23-42/h8,10-14,27-30H,5-7,9,15-24H2,1-4H3,(H,38,48)(H,39,45)(H,40,47)/t27-,28-,29+,30+,37-/m1/s1. The van der Waals surface area contributed by atoms with Gasteiger partial charge in [0.15, 0.2) is 0 Å². The number of hydrogen-bond acceptors (Lipinski definition) is 10. The summed E-state index contributed by atoms with van der Waals surface area (Å²) in [6, 6.07) is 5.45. The molecule has 0 radical (unpaired) electrons. The Kier molecular flexibility index (Phi) is 11.6. The molecule has 1 aromatic carbocycles. The number of amides is 5. The first-order chi connectivity index (χ1) is 25.5. The van der Waals surface area contributed by atoms with Crippen LogP contribution in [0.5, 0.6) is 0 Å². The third-order valence-corrected chi connectivity index (χ3v) is 12.2. The van der Waals surface area contributed by atoms with Crippen LogP contribution in [0.15, 0.2) is 36.4 Å². The quantitative estimate of drug-likeness (QED) is 0.374. The normalized spacial score (nSPS) is 28.4. The van der Waals surface area contributed by atoms with Gasteiger partial charge >= 0.3 is 22.4 Å². The summed E-state index contributed by atoms with van der Waals surface area (Å²) in [7, 11) is -2.32. The zero-order valence-corrected chi connectivity index (χ0v) is 32.4. The first kappa shape index (κ1) is 39.5. The highest BCUT2D eigenvalue weighted by Gasteiger charge is 2.62. The van der Waals surface area contributed by atoms with Crippen LogP contribution in [0, 0.1) is 5.92 Å². The van der Waals surface area contributed by atoms with Crippen LogP contribution in [0.3, 0.4) is 0 Å². The summed E-state index contributed by atoms with van der Waals surface area (Å²) in [6.45, 7) is 7.17. The van der Waals surface area contributed by atoms with Gasteiger partial charge in [-0.2, -0.15) is 12.7 Å². The molecule has 16 nitrogen and oxygen atoms in total. The molecule has 1 saturated carbocycles. The fraction of sp³-hybridized carbons (Fsp3) is 0.649. The van der Waals surface area contributed by atoms with Gasteiger partial charge in [0.1, 0.15) is 29.3 Å². The maximum Gasteiger partial charge on any atom is 0.410 e. The van der Waals surface area contributed by atoms with E-state index in [4.69, 9.17) is 9.47 Å². The maximum atomic E-state index is 14.4. The van der Waals surface area contributed by atoms with Gasteiger partial charge in [0, 0.05) is 51.6 Å². The van der Waals surface area contributed by atoms with Gasteiger partial charge in [-0.3, -0.25) is 19.3 Å². The minimum absolute atomic E-state index is 0.0684. The number of benzene rings is 1. The molecule has 5 aliphatic rings. The summed E-state index contributed by atoms with van der Waals surface area (Å²) in [5.41, 5.74) is -0.389. The molecule has 6 rings (SSSR count). The summed E-state index contributed by atoms with van der Waals surface area (Å²) in [5.74, 6) is -2.58. The average Bonchev–Trinajstić information content (AvgIpc) is 3.40. The number of rotatable bonds is 5. The lowest BCUT2D eigenvalue weighted by atomic mass is 10.0. The van der Waals surface area contributed by atoms with Crippen LogP contribution >= 0.6 is 0 Å². The predicted octanol–water partition coefficient (Wildman–Crippen LogP) is 2.01. The Morgan fingerprint density at radius 1 is 0.981 bits per heavy atom. The number of carbonyl (C=O) groups is 5. The smallest absolute Gasteiger partial charge is 0.410 e. The Labute approximate surface area is 317 Å². The van der Waals surface area contributed by atoms with Crippen molar-refractivity contribution in [2.75, 3.05) is 39.8 Å². The van der Waals surface area contributed by atoms with Gasteiger partial charge in [0.25, 0.3) is 5.91 Å². The third-order valence-electron chi connectivity index (χ3n) is 10.7. The molecule has 5 atom stereocenters. The number of nitrogens with one attached hydrogen (secondary N) is 3. The summed E-state index contributed by atoms with van der Waals surface area (Å²) >= 11 is 0. The Balaban J connectivity index is 1.24. The SMILES string of the molecule is CN1CCN(S(=O)(=O)NC(=O)[C@@]23C[C@H]2C=CCCCCC[C@H](NC(=O)OC(C)(C)C)C(=O)N2C[C@H](OC(=O)N4Cc5ccccc5C4)C[C@H]2C(=O)N3)CC1. The van der Waals surface area contributed by atoms with Crippen molar-refractivity contribution < 1.29 is 41.9 Å². The number of allylic oxidation sites excluding steroid dienone is 1. The van der Waals surface area contributed by atoms with E-state index >= 15 is 0 Å². The van der Waals surface area contributed by atoms with E-state index in [0.29, 0.717) is 39.0 Å². The average molecular weight is 772 g/mol. The van der Waals surface area contributed by atoms with Crippen molar-refractivity contribution in [2.45, 2.75) is 108 Å². The highest BCUT2D eigenvalue weighted by molar-refractivity contribution is 7.87. The van der Waals surface area contributed by atoms with Crippen molar-refractivity contribution in [3.8, 4) is 0 Å². The van der Waals surface area contributed by atoms with E-state index in [9.17, 15) is 32.4 Å². The lowest BCUT2D eigenvalue weighted by Gasteiger charge is -2.32. The summed E-state index contributed by atoms with van der Waals surface area (Å²) < 4.78 is 41.5. The van der Waals surface area contributed by atoms with Crippen LogP contribution < -0.4 is 15.4 Å². The van der Waals surface area contributed by atoms with Gasteiger partial charge < -0.3 is 29.9 Å². The molecule has 4 heterocycles. The fourth-order valence-electron chi connectivity index (χ4n) is 7.60. The molecule has 4 aliphatic heterocycles. The van der Waals surface area contributed by atoms with Crippen LogP contribution in [0.1, 0.15) is 76.8 Å². The van der Waals surface area contributed by atoms with Gasteiger partial charge in [-0.15, -0.1) is 0 Å². The van der Waals surface area contributed by atoms with E-state index in [1.807, 2.05) is 48.4 Å². The van der Waals surface area contributed by atoms with Crippen LogP contribution in [0.4, 0.5) is 9.59 Å². The highest BCUT2D eigenvalue weighted by Crippen LogP contribution is 2.46. The Morgan fingerprint density at radius 2 is 1.67 bits per heavy atom. The van der Waals surface area contributed by atoms with E-state index in [1.165, 1.54) is 9.21 Å². The molecule has 5 amide bonds. The molecule has 0 aromatic heterocycles. The van der Waals surface area contributed by atoms with Crippen LogP contribution in [-0.2, 0) is 47.2 Å². The van der Waals surface area contributed by atoms with Gasteiger partial charge in [0.05, 0.1) is 6.54 Å². The lowest BCUT2D eigenvalue weighted by molar-refractivity contribution is -0.141. The molecule has 3 fully saturated rings. The topological polar surface area (TPSA) is 187 Å². The number of fused-ring (bicyclic) bond motifs is 3. The van der Waals surface area contributed by atoms with E-state index < -0.39 is 75.4 Å². The number of piperazine rings is 1. The van der Waals surface area contributed by atoms with Gasteiger partial charge in [-0.1, -0.05) is 49.3 Å². The number of ether oxygens (including phenoxy) is 2. The second kappa shape index (κ2) is 15.9. The van der Waals surface area contributed by atoms with Crippen LogP contribution in [0.2, 0.25) is 0 Å². The van der Waals surface area contributed by atoms with Crippen LogP contribution in [-0.4, -0.2) is 126 Å². The molecular weight excluding hydrogens is 719 g/mol. The van der Waals surface area contributed by atoms with Gasteiger partial charge in [-0.25, -0.2) is 14.3 Å². The summed E-state index contributed by atoms with van der Waals surface area (Å²) in [6.07, 6.45) is 4.67. The number of nitrogens with zero attached hydrogens (tertiary/aromatic N) is 4. The van der Waals surface area contributed by atoms with Gasteiger partial charge in [-0.05, 0) is 64.6 Å². The van der Waals surface area contributed by atoms with E-state index in [1.54, 1.807) is 25.7 Å². The van der Waals surface area contributed by atoms with Crippen molar-refractivity contribution in [2.24, 2.45) is 5.92 Å². The molecule has 3 N–H and O–H groups in total. The molecule has 296 valence electrons. The Bertz CT molecular complexity index is 1730. The number of hydrogen-bond donors (Lipinski definition) is 3. The second-order valence-corrected chi connectivity index (χ2v) is 17.7. The van der Waals surface area contributed by atoms with Crippen molar-refractivity contribution in [3.63, 3.8) is 0 Å². The van der Waals surface area contributed by atoms with E-state index in [0.717, 1.165) is 24.0 Å². The molecule has 0 bridgehead atoms. The zero-order chi connectivity index (χ0) is 38.8. The molecule has 1 aliphatic carbocycles. The fourth-order valence-corrected chi connectivity index (χ4v) is 8.79. The van der Waals surface area contributed by atoms with E-state index in [-0.39, 0.29) is 38.9 Å². The third kappa shape index (κ3) is 9.17. The van der Waals surface area contributed by atoms with Crippen molar-refractivity contribution >= 4 is 40.1 Å². The first-order valence-electron chi connectivity index (χ1n) is 18.9. The molecule has 2 saturated heterocycles. The lowest BCUT2D eigenvalue weighted by Crippen LogP contribution is -2.60. The Morgan fingerprint density at radius 3 is 2.33 bits per heavy atom. The van der Waals surface area contributed by atoms with Crippen molar-refractivity contribution in [1.29, 1.82) is 0 Å². The van der Waals surface area contributed by atoms with Crippen molar-refractivity contribution in [1.82, 2.24) is 34.4 Å². The van der Waals surface area contributed by atoms with Crippen LogP contribution in [0.25, 0.3) is 0 Å². The largest absolute Gasteiger partial charge is 0.444 e. The van der Waals surface area contributed by atoms with Crippen molar-refractivity contribution in [3.05, 3.63) is 47.5 Å². The first-order valence-corrected chi connectivity index (χ1v) is 20.3. The molecular formula is C37H53N7O9S. The van der Waals surface area contributed by atoms with Gasteiger partial charge in [0.2, 0.25) is 11.8 Å². The summed E-state index contributed by atoms with van der Waals surface area (Å²) in [5, 5.41) is 5.54. The zero-order valence-electron chi connectivity index (χ0n) is 31.5. The minimum atomic E-state index is -4.21. The molecule has 54 heavy (non-hydrogen) atoms. The molecule has 1 aromatic rings. The summed E-state index contributed by atoms with van der Waals surface area (Å²) in [4.78, 5) is 73.9. The molecule has 17 heteroatoms. The number of carbonyl (C=O) groups excluding carboxylic acids is 5. The Hall–Kier alpha value is -4.22. The minimum Gasteiger partial charge on any atom is -0.444 e.